The first-order chi connectivity index (χ1) is 13.3. The lowest BCUT2D eigenvalue weighted by atomic mass is 10.1. The quantitative estimate of drug-likeness (QED) is 0.509. The van der Waals surface area contributed by atoms with Gasteiger partial charge in [-0.2, -0.15) is 5.10 Å². The first kappa shape index (κ1) is 19.4. The number of aryl methyl sites for hydroxylation is 2. The molecule has 0 aliphatic heterocycles. The molecule has 0 saturated heterocycles. The molecule has 9 heteroatoms. The summed E-state index contributed by atoms with van der Waals surface area (Å²) in [6.45, 7) is 4.88. The Balaban J connectivity index is 1.73. The summed E-state index contributed by atoms with van der Waals surface area (Å²) < 4.78 is 1.57. The van der Waals surface area contributed by atoms with Crippen molar-refractivity contribution in [2.45, 2.75) is 20.8 Å². The molecule has 0 saturated carbocycles. The van der Waals surface area contributed by atoms with Gasteiger partial charge in [-0.1, -0.05) is 12.1 Å². The highest BCUT2D eigenvalue weighted by Gasteiger charge is 2.24. The molecule has 0 aliphatic rings. The van der Waals surface area contributed by atoms with Crippen molar-refractivity contribution < 1.29 is 14.4 Å². The summed E-state index contributed by atoms with van der Waals surface area (Å²) in [7, 11) is 1.72. The predicted molar refractivity (Wildman–Crippen MR) is 107 cm³/mol. The molecule has 2 amide bonds. The Hall–Kier alpha value is -3.33. The van der Waals surface area contributed by atoms with Crippen LogP contribution in [-0.2, 0) is 16.6 Å². The molecule has 3 aromatic rings. The minimum atomic E-state index is -0.749. The average molecular weight is 397 g/mol. The van der Waals surface area contributed by atoms with Crippen LogP contribution in [0.1, 0.15) is 28.7 Å². The molecule has 28 heavy (non-hydrogen) atoms. The number of nitrogens with zero attached hydrogens (tertiary/aromatic N) is 3. The molecular formula is C19H19N5O3S. The van der Waals surface area contributed by atoms with Gasteiger partial charge in [0.1, 0.15) is 0 Å². The summed E-state index contributed by atoms with van der Waals surface area (Å²) >= 11 is 1.23. The van der Waals surface area contributed by atoms with E-state index in [-0.39, 0.29) is 5.91 Å². The number of benzene rings is 1. The number of hydrogen-bond donors (Lipinski definition) is 2. The van der Waals surface area contributed by atoms with E-state index in [1.807, 2.05) is 12.1 Å². The Bertz CT molecular complexity index is 1070. The molecule has 144 valence electrons. The number of aromatic nitrogens is 3. The SMILES string of the molecule is CC(=O)Nc1ccc(-c2csc(NC(=O)C(=O)c3c(C)nn(C)c3C)n2)cc1. The minimum Gasteiger partial charge on any atom is -0.326 e. The van der Waals surface area contributed by atoms with E-state index >= 15 is 0 Å². The normalized spacial score (nSPS) is 10.6. The Morgan fingerprint density at radius 3 is 2.32 bits per heavy atom. The number of amides is 2. The summed E-state index contributed by atoms with van der Waals surface area (Å²) in [5.41, 5.74) is 3.64. The van der Waals surface area contributed by atoms with Crippen molar-refractivity contribution in [3.8, 4) is 11.3 Å². The summed E-state index contributed by atoms with van der Waals surface area (Å²) in [5.74, 6) is -1.53. The molecule has 0 unspecified atom stereocenters. The molecular weight excluding hydrogens is 378 g/mol. The van der Waals surface area contributed by atoms with Crippen molar-refractivity contribution in [2.24, 2.45) is 7.05 Å². The molecule has 8 nitrogen and oxygen atoms in total. The average Bonchev–Trinajstić information content (AvgIpc) is 3.19. The maximum atomic E-state index is 12.5. The zero-order valence-electron chi connectivity index (χ0n) is 15.9. The van der Waals surface area contributed by atoms with E-state index in [9.17, 15) is 14.4 Å². The van der Waals surface area contributed by atoms with Crippen molar-refractivity contribution in [3.63, 3.8) is 0 Å². The number of carbonyl (C=O) groups excluding carboxylic acids is 3. The molecule has 0 radical (unpaired) electrons. The van der Waals surface area contributed by atoms with Crippen LogP contribution in [0.5, 0.6) is 0 Å². The Morgan fingerprint density at radius 2 is 1.75 bits per heavy atom. The summed E-state index contributed by atoms with van der Waals surface area (Å²) in [6, 6.07) is 7.18. The van der Waals surface area contributed by atoms with E-state index in [4.69, 9.17) is 0 Å². The number of carbonyl (C=O) groups is 3. The van der Waals surface area contributed by atoms with Crippen molar-refractivity contribution >= 4 is 39.8 Å². The Labute approximate surface area is 165 Å². The third-order valence-corrected chi connectivity index (χ3v) is 4.93. The van der Waals surface area contributed by atoms with Crippen molar-refractivity contribution in [1.82, 2.24) is 14.8 Å². The van der Waals surface area contributed by atoms with Gasteiger partial charge in [-0.05, 0) is 26.0 Å². The highest BCUT2D eigenvalue weighted by atomic mass is 32.1. The van der Waals surface area contributed by atoms with E-state index in [1.54, 1.807) is 43.1 Å². The smallest absolute Gasteiger partial charge is 0.298 e. The number of thiazole rings is 1. The molecule has 2 aromatic heterocycles. The number of rotatable bonds is 5. The van der Waals surface area contributed by atoms with Gasteiger partial charge in [-0.25, -0.2) is 4.98 Å². The number of hydrogen-bond acceptors (Lipinski definition) is 6. The standard InChI is InChI=1S/C19H19N5O3S/c1-10-16(11(2)24(4)23-10)17(26)18(27)22-19-21-15(9-28-19)13-5-7-14(8-6-13)20-12(3)25/h5-9H,1-4H3,(H,20,25)(H,21,22,27). The lowest BCUT2D eigenvalue weighted by Crippen LogP contribution is -2.23. The summed E-state index contributed by atoms with van der Waals surface area (Å²) in [5, 5.41) is 11.5. The highest BCUT2D eigenvalue weighted by Crippen LogP contribution is 2.26. The molecule has 0 bridgehead atoms. The third kappa shape index (κ3) is 3.99. The maximum Gasteiger partial charge on any atom is 0.298 e. The van der Waals surface area contributed by atoms with E-state index in [1.165, 1.54) is 18.3 Å². The zero-order valence-corrected chi connectivity index (χ0v) is 16.7. The fourth-order valence-corrected chi connectivity index (χ4v) is 3.48. The van der Waals surface area contributed by atoms with Crippen LogP contribution < -0.4 is 10.6 Å². The molecule has 2 heterocycles. The number of Topliss-reactive ketones (excluding diaryl/α,β-unsaturated/α-hetero) is 1. The first-order valence-corrected chi connectivity index (χ1v) is 9.33. The van der Waals surface area contributed by atoms with Gasteiger partial charge in [-0.3, -0.25) is 24.4 Å². The molecule has 2 N–H and O–H groups in total. The van der Waals surface area contributed by atoms with Gasteiger partial charge in [0.25, 0.3) is 11.7 Å². The van der Waals surface area contributed by atoms with Gasteiger partial charge in [0.15, 0.2) is 5.13 Å². The Kier molecular flexibility index (Phi) is 5.36. The highest BCUT2D eigenvalue weighted by molar-refractivity contribution is 7.14. The van der Waals surface area contributed by atoms with Crippen LogP contribution in [0.2, 0.25) is 0 Å². The molecule has 0 aliphatic carbocycles. The van der Waals surface area contributed by atoms with Crippen molar-refractivity contribution in [1.29, 1.82) is 0 Å². The van der Waals surface area contributed by atoms with Gasteiger partial charge < -0.3 is 5.32 Å². The number of anilines is 2. The van der Waals surface area contributed by atoms with Crippen LogP contribution in [0.15, 0.2) is 29.6 Å². The lowest BCUT2D eigenvalue weighted by Gasteiger charge is -2.03. The lowest BCUT2D eigenvalue weighted by molar-refractivity contribution is -0.114. The van der Waals surface area contributed by atoms with Crippen LogP contribution >= 0.6 is 11.3 Å². The maximum absolute atomic E-state index is 12.5. The first-order valence-electron chi connectivity index (χ1n) is 8.45. The molecule has 3 rings (SSSR count). The van der Waals surface area contributed by atoms with E-state index in [2.05, 4.69) is 20.7 Å². The second-order valence-electron chi connectivity index (χ2n) is 6.25. The molecule has 0 fully saturated rings. The van der Waals surface area contributed by atoms with Gasteiger partial charge in [-0.15, -0.1) is 11.3 Å². The van der Waals surface area contributed by atoms with Crippen LogP contribution in [0.4, 0.5) is 10.8 Å². The Morgan fingerprint density at radius 1 is 1.07 bits per heavy atom. The van der Waals surface area contributed by atoms with E-state index in [0.717, 1.165) is 5.56 Å². The van der Waals surface area contributed by atoms with Crippen LogP contribution in [-0.4, -0.2) is 32.4 Å². The zero-order chi connectivity index (χ0) is 20.4. The second kappa shape index (κ2) is 7.73. The largest absolute Gasteiger partial charge is 0.326 e. The van der Waals surface area contributed by atoms with E-state index < -0.39 is 11.7 Å². The number of nitrogens with one attached hydrogen (secondary N) is 2. The van der Waals surface area contributed by atoms with Gasteiger partial charge in [0.2, 0.25) is 5.91 Å². The fraction of sp³-hybridized carbons (Fsp3) is 0.211. The summed E-state index contributed by atoms with van der Waals surface area (Å²) in [6.07, 6.45) is 0. The summed E-state index contributed by atoms with van der Waals surface area (Å²) in [4.78, 5) is 40.3. The van der Waals surface area contributed by atoms with Crippen LogP contribution in [0, 0.1) is 13.8 Å². The minimum absolute atomic E-state index is 0.143. The molecule has 0 spiro atoms. The monoisotopic (exact) mass is 397 g/mol. The number of ketones is 1. The molecule has 0 atom stereocenters. The topological polar surface area (TPSA) is 106 Å². The molecule has 1 aromatic carbocycles. The van der Waals surface area contributed by atoms with Crippen molar-refractivity contribution in [3.05, 3.63) is 46.6 Å². The van der Waals surface area contributed by atoms with E-state index in [0.29, 0.717) is 33.5 Å². The van der Waals surface area contributed by atoms with Gasteiger partial charge in [0, 0.05) is 36.3 Å². The second-order valence-corrected chi connectivity index (χ2v) is 7.11. The van der Waals surface area contributed by atoms with Crippen LogP contribution in [0.25, 0.3) is 11.3 Å². The fourth-order valence-electron chi connectivity index (χ4n) is 2.76. The third-order valence-electron chi connectivity index (χ3n) is 4.17. The predicted octanol–water partition coefficient (Wildman–Crippen LogP) is 2.94. The van der Waals surface area contributed by atoms with Gasteiger partial charge >= 0.3 is 0 Å². The van der Waals surface area contributed by atoms with Crippen LogP contribution in [0.3, 0.4) is 0 Å². The van der Waals surface area contributed by atoms with Crippen molar-refractivity contribution in [2.75, 3.05) is 10.6 Å². The van der Waals surface area contributed by atoms with Gasteiger partial charge in [0.05, 0.1) is 17.0 Å².